The molecule has 8 heteroatoms. The summed E-state index contributed by atoms with van der Waals surface area (Å²) in [5.74, 6) is 1.05. The van der Waals surface area contributed by atoms with Gasteiger partial charge in [0.2, 0.25) is 0 Å². The second-order valence-corrected chi connectivity index (χ2v) is 8.30. The van der Waals surface area contributed by atoms with Crippen molar-refractivity contribution < 1.29 is 8.42 Å². The number of pyridine rings is 1. The SMILES string of the molecule is CCNC(=NCc1cn2c(C)cccc2n1)NC1CCS(=O)(=O)C1. The molecule has 1 aliphatic heterocycles. The molecule has 3 rings (SSSR count). The molecular formula is C16H23N5O2S. The predicted molar refractivity (Wildman–Crippen MR) is 94.9 cm³/mol. The van der Waals surface area contributed by atoms with E-state index in [1.54, 1.807) is 0 Å². The Bertz CT molecular complexity index is 856. The molecule has 0 bridgehead atoms. The van der Waals surface area contributed by atoms with E-state index in [0.717, 1.165) is 23.6 Å². The van der Waals surface area contributed by atoms with E-state index in [1.165, 1.54) is 0 Å². The Balaban J connectivity index is 1.72. The monoisotopic (exact) mass is 349 g/mol. The molecule has 3 heterocycles. The van der Waals surface area contributed by atoms with Gasteiger partial charge in [0.15, 0.2) is 15.8 Å². The van der Waals surface area contributed by atoms with E-state index in [1.807, 2.05) is 42.6 Å². The molecule has 0 radical (unpaired) electrons. The first-order valence-corrected chi connectivity index (χ1v) is 9.98. The highest BCUT2D eigenvalue weighted by molar-refractivity contribution is 7.91. The number of imidazole rings is 1. The van der Waals surface area contributed by atoms with Gasteiger partial charge in [0.1, 0.15) is 5.65 Å². The van der Waals surface area contributed by atoms with Gasteiger partial charge in [-0.3, -0.25) is 0 Å². The lowest BCUT2D eigenvalue weighted by Gasteiger charge is -2.15. The fourth-order valence-electron chi connectivity index (χ4n) is 2.86. The van der Waals surface area contributed by atoms with Crippen molar-refractivity contribution in [2.75, 3.05) is 18.1 Å². The quantitative estimate of drug-likeness (QED) is 0.632. The van der Waals surface area contributed by atoms with Gasteiger partial charge in [-0.05, 0) is 32.4 Å². The van der Waals surface area contributed by atoms with Crippen LogP contribution >= 0.6 is 0 Å². The molecule has 2 aromatic rings. The minimum atomic E-state index is -2.91. The highest BCUT2D eigenvalue weighted by Gasteiger charge is 2.28. The number of aryl methyl sites for hydroxylation is 1. The minimum absolute atomic E-state index is 0.0730. The number of nitrogens with one attached hydrogen (secondary N) is 2. The number of sulfone groups is 1. The lowest BCUT2D eigenvalue weighted by Crippen LogP contribution is -2.44. The van der Waals surface area contributed by atoms with E-state index >= 15 is 0 Å². The summed E-state index contributed by atoms with van der Waals surface area (Å²) in [6.07, 6.45) is 2.61. The molecule has 130 valence electrons. The summed E-state index contributed by atoms with van der Waals surface area (Å²) >= 11 is 0. The third-order valence-corrected chi connectivity index (χ3v) is 5.83. The van der Waals surface area contributed by atoms with E-state index in [9.17, 15) is 8.42 Å². The molecular weight excluding hydrogens is 326 g/mol. The first-order valence-electron chi connectivity index (χ1n) is 8.16. The maximum Gasteiger partial charge on any atom is 0.191 e. The van der Waals surface area contributed by atoms with Crippen LogP contribution in [-0.2, 0) is 16.4 Å². The Morgan fingerprint density at radius 3 is 2.96 bits per heavy atom. The van der Waals surface area contributed by atoms with Crippen molar-refractivity contribution in [1.29, 1.82) is 0 Å². The van der Waals surface area contributed by atoms with Crippen molar-refractivity contribution in [3.05, 3.63) is 35.8 Å². The normalized spacial score (nSPS) is 20.4. The fourth-order valence-corrected chi connectivity index (χ4v) is 4.53. The summed E-state index contributed by atoms with van der Waals surface area (Å²) in [5, 5.41) is 6.37. The minimum Gasteiger partial charge on any atom is -0.357 e. The first-order chi connectivity index (χ1) is 11.5. The Labute approximate surface area is 142 Å². The van der Waals surface area contributed by atoms with Crippen LogP contribution in [0.1, 0.15) is 24.7 Å². The van der Waals surface area contributed by atoms with Gasteiger partial charge < -0.3 is 15.0 Å². The summed E-state index contributed by atoms with van der Waals surface area (Å²) in [5.41, 5.74) is 2.90. The number of fused-ring (bicyclic) bond motifs is 1. The van der Waals surface area contributed by atoms with Gasteiger partial charge in [0.05, 0.1) is 23.7 Å². The zero-order valence-corrected chi connectivity index (χ0v) is 14.8. The number of aromatic nitrogens is 2. The second kappa shape index (κ2) is 6.80. The summed E-state index contributed by atoms with van der Waals surface area (Å²) in [6, 6.07) is 5.91. The molecule has 2 aromatic heterocycles. The highest BCUT2D eigenvalue weighted by Crippen LogP contribution is 2.12. The average Bonchev–Trinajstić information content (AvgIpc) is 3.09. The number of rotatable bonds is 4. The number of hydrogen-bond acceptors (Lipinski definition) is 4. The third-order valence-electron chi connectivity index (χ3n) is 4.06. The van der Waals surface area contributed by atoms with Crippen LogP contribution in [0.4, 0.5) is 0 Å². The first kappa shape index (κ1) is 16.8. The Morgan fingerprint density at radius 1 is 1.46 bits per heavy atom. The molecule has 0 saturated carbocycles. The van der Waals surface area contributed by atoms with Crippen LogP contribution in [0.25, 0.3) is 5.65 Å². The standard InChI is InChI=1S/C16H23N5O2S/c1-3-17-16(20-13-7-8-24(22,23)11-13)18-9-14-10-21-12(2)5-4-6-15(21)19-14/h4-6,10,13H,3,7-9,11H2,1-2H3,(H2,17,18,20). The van der Waals surface area contributed by atoms with Crippen LogP contribution in [0.15, 0.2) is 29.4 Å². The molecule has 1 atom stereocenters. The molecule has 1 fully saturated rings. The molecule has 0 spiro atoms. The van der Waals surface area contributed by atoms with Crippen LogP contribution in [0, 0.1) is 6.92 Å². The second-order valence-electron chi connectivity index (χ2n) is 6.07. The van der Waals surface area contributed by atoms with Crippen molar-refractivity contribution in [3.63, 3.8) is 0 Å². The fraction of sp³-hybridized carbons (Fsp3) is 0.500. The van der Waals surface area contributed by atoms with E-state index in [0.29, 0.717) is 18.9 Å². The molecule has 0 aromatic carbocycles. The summed E-state index contributed by atoms with van der Waals surface area (Å²) in [7, 11) is -2.91. The van der Waals surface area contributed by atoms with Gasteiger partial charge in [-0.1, -0.05) is 6.07 Å². The maximum absolute atomic E-state index is 11.6. The lowest BCUT2D eigenvalue weighted by atomic mass is 10.3. The summed E-state index contributed by atoms with van der Waals surface area (Å²) in [6.45, 7) is 5.18. The smallest absolute Gasteiger partial charge is 0.191 e. The molecule has 1 saturated heterocycles. The molecule has 1 unspecified atom stereocenters. The molecule has 0 amide bonds. The summed E-state index contributed by atoms with van der Waals surface area (Å²) in [4.78, 5) is 9.11. The van der Waals surface area contributed by atoms with Crippen LogP contribution in [0.5, 0.6) is 0 Å². The van der Waals surface area contributed by atoms with Gasteiger partial charge in [-0.15, -0.1) is 0 Å². The number of aliphatic imine (C=N–C) groups is 1. The molecule has 0 aliphatic carbocycles. The van der Waals surface area contributed by atoms with Crippen molar-refractivity contribution in [3.8, 4) is 0 Å². The van der Waals surface area contributed by atoms with Gasteiger partial charge in [0.25, 0.3) is 0 Å². The Morgan fingerprint density at radius 2 is 2.29 bits per heavy atom. The van der Waals surface area contributed by atoms with Gasteiger partial charge >= 0.3 is 0 Å². The molecule has 1 aliphatic rings. The van der Waals surface area contributed by atoms with E-state index in [-0.39, 0.29) is 17.5 Å². The predicted octanol–water partition coefficient (Wildman–Crippen LogP) is 0.885. The molecule has 2 N–H and O–H groups in total. The maximum atomic E-state index is 11.6. The van der Waals surface area contributed by atoms with Crippen molar-refractivity contribution in [2.24, 2.45) is 4.99 Å². The molecule has 7 nitrogen and oxygen atoms in total. The van der Waals surface area contributed by atoms with E-state index in [4.69, 9.17) is 0 Å². The number of guanidine groups is 1. The Hall–Kier alpha value is -2.09. The lowest BCUT2D eigenvalue weighted by molar-refractivity contribution is 0.599. The van der Waals surface area contributed by atoms with Gasteiger partial charge in [0, 0.05) is 24.5 Å². The largest absolute Gasteiger partial charge is 0.357 e. The number of nitrogens with zero attached hydrogens (tertiary/aromatic N) is 3. The van der Waals surface area contributed by atoms with Crippen molar-refractivity contribution >= 4 is 21.4 Å². The highest BCUT2D eigenvalue weighted by atomic mass is 32.2. The average molecular weight is 349 g/mol. The van der Waals surface area contributed by atoms with Gasteiger partial charge in [-0.2, -0.15) is 0 Å². The number of hydrogen-bond donors (Lipinski definition) is 2. The van der Waals surface area contributed by atoms with E-state index in [2.05, 4.69) is 20.6 Å². The van der Waals surface area contributed by atoms with Gasteiger partial charge in [-0.25, -0.2) is 18.4 Å². The van der Waals surface area contributed by atoms with Crippen LogP contribution < -0.4 is 10.6 Å². The third kappa shape index (κ3) is 3.87. The van der Waals surface area contributed by atoms with Crippen LogP contribution in [0.2, 0.25) is 0 Å². The zero-order valence-electron chi connectivity index (χ0n) is 14.0. The van der Waals surface area contributed by atoms with Crippen molar-refractivity contribution in [1.82, 2.24) is 20.0 Å². The topological polar surface area (TPSA) is 87.9 Å². The Kier molecular flexibility index (Phi) is 4.75. The molecule has 24 heavy (non-hydrogen) atoms. The van der Waals surface area contributed by atoms with Crippen LogP contribution in [0.3, 0.4) is 0 Å². The summed E-state index contributed by atoms with van der Waals surface area (Å²) < 4.78 is 25.2. The van der Waals surface area contributed by atoms with Crippen molar-refractivity contribution in [2.45, 2.75) is 32.9 Å². The zero-order chi connectivity index (χ0) is 17.2. The van der Waals surface area contributed by atoms with Crippen LogP contribution in [-0.4, -0.2) is 47.9 Å². The van der Waals surface area contributed by atoms with E-state index < -0.39 is 9.84 Å².